The number of rotatable bonds is 5. The number of nitriles is 2. The fourth-order valence-electron chi connectivity index (χ4n) is 3.76. The normalized spacial score (nSPS) is 14.1. The van der Waals surface area contributed by atoms with Gasteiger partial charge in [-0.15, -0.1) is 0 Å². The maximum absolute atomic E-state index is 13.6. The molecule has 0 atom stereocenters. The minimum atomic E-state index is -0.340. The molecule has 0 aliphatic carbocycles. The Morgan fingerprint density at radius 3 is 2.61 bits per heavy atom. The van der Waals surface area contributed by atoms with Crippen LogP contribution in [0.15, 0.2) is 41.2 Å². The van der Waals surface area contributed by atoms with Crippen LogP contribution in [0.5, 0.6) is 0 Å². The number of fused-ring (bicyclic) bond motifs is 1. The average Bonchev–Trinajstić information content (AvgIpc) is 3.18. The molecule has 9 heteroatoms. The molecule has 31 heavy (non-hydrogen) atoms. The summed E-state index contributed by atoms with van der Waals surface area (Å²) in [5.41, 5.74) is 1.41. The molecule has 3 heterocycles. The lowest BCUT2D eigenvalue weighted by Gasteiger charge is -2.28. The Morgan fingerprint density at radius 2 is 1.90 bits per heavy atom. The fourth-order valence-corrected chi connectivity index (χ4v) is 3.76. The molecule has 9 nitrogen and oxygen atoms in total. The molecule has 0 saturated carbocycles. The Balaban J connectivity index is 1.92. The predicted octanol–water partition coefficient (Wildman–Crippen LogP) is 1.37. The van der Waals surface area contributed by atoms with Crippen molar-refractivity contribution in [1.29, 1.82) is 10.5 Å². The lowest BCUT2D eigenvalue weighted by molar-refractivity contribution is 0.572. The van der Waals surface area contributed by atoms with Crippen LogP contribution in [-0.2, 0) is 13.1 Å². The van der Waals surface area contributed by atoms with Gasteiger partial charge in [0.2, 0.25) is 11.8 Å². The van der Waals surface area contributed by atoms with Crippen LogP contribution < -0.4 is 15.8 Å². The van der Waals surface area contributed by atoms with E-state index in [-0.39, 0.29) is 23.6 Å². The molecule has 0 amide bonds. The summed E-state index contributed by atoms with van der Waals surface area (Å²) in [6, 6.07) is 11.2. The predicted molar refractivity (Wildman–Crippen MR) is 117 cm³/mol. The number of hydrogen-bond acceptors (Lipinski definition) is 7. The van der Waals surface area contributed by atoms with Gasteiger partial charge in [0.25, 0.3) is 5.56 Å². The van der Waals surface area contributed by atoms with Crippen LogP contribution >= 0.6 is 0 Å². The molecule has 2 aromatic heterocycles. The summed E-state index contributed by atoms with van der Waals surface area (Å²) >= 11 is 0. The van der Waals surface area contributed by atoms with Gasteiger partial charge in [0.15, 0.2) is 11.2 Å². The first-order chi connectivity index (χ1) is 15.2. The van der Waals surface area contributed by atoms with E-state index in [0.717, 1.165) is 26.2 Å². The van der Waals surface area contributed by atoms with Crippen LogP contribution in [-0.4, -0.2) is 45.3 Å². The van der Waals surface area contributed by atoms with Crippen molar-refractivity contribution in [3.63, 3.8) is 0 Å². The number of benzene rings is 1. The van der Waals surface area contributed by atoms with Crippen LogP contribution in [0.25, 0.3) is 11.2 Å². The molecule has 1 N–H and O–H groups in total. The number of aromatic nitrogens is 4. The van der Waals surface area contributed by atoms with Crippen LogP contribution in [0.3, 0.4) is 0 Å². The van der Waals surface area contributed by atoms with Gasteiger partial charge in [-0.3, -0.25) is 9.36 Å². The van der Waals surface area contributed by atoms with Gasteiger partial charge in [0.1, 0.15) is 6.07 Å². The zero-order chi connectivity index (χ0) is 21.8. The molecule has 0 bridgehead atoms. The van der Waals surface area contributed by atoms with E-state index in [1.54, 1.807) is 24.3 Å². The average molecular weight is 414 g/mol. The second-order valence-corrected chi connectivity index (χ2v) is 7.21. The summed E-state index contributed by atoms with van der Waals surface area (Å²) in [5.74, 6) is 0.658. The molecule has 1 saturated heterocycles. The SMILES string of the molecule is C/C=C/Cn1c(N2CCNCC2)nc2nc(C#N)n(Cc3ccccc3C#N)c(=O)c21. The number of allylic oxidation sites excluding steroid dienone is 2. The van der Waals surface area contributed by atoms with Crippen LogP contribution in [0, 0.1) is 22.7 Å². The number of hydrogen-bond donors (Lipinski definition) is 1. The molecule has 1 aliphatic heterocycles. The number of nitrogens with zero attached hydrogens (tertiary/aromatic N) is 7. The van der Waals surface area contributed by atoms with Crippen molar-refractivity contribution in [2.45, 2.75) is 20.0 Å². The fraction of sp³-hybridized carbons (Fsp3) is 0.318. The highest BCUT2D eigenvalue weighted by atomic mass is 16.1. The van der Waals surface area contributed by atoms with E-state index in [1.807, 2.05) is 29.7 Å². The van der Waals surface area contributed by atoms with Crippen molar-refractivity contribution in [3.8, 4) is 12.1 Å². The largest absolute Gasteiger partial charge is 0.340 e. The maximum atomic E-state index is 13.6. The number of anilines is 1. The first kappa shape index (κ1) is 20.3. The first-order valence-corrected chi connectivity index (χ1v) is 10.1. The van der Waals surface area contributed by atoms with Gasteiger partial charge >= 0.3 is 0 Å². The molecule has 1 aromatic carbocycles. The summed E-state index contributed by atoms with van der Waals surface area (Å²) in [4.78, 5) is 24.7. The van der Waals surface area contributed by atoms with Crippen molar-refractivity contribution in [2.75, 3.05) is 31.1 Å². The third kappa shape index (κ3) is 3.79. The maximum Gasteiger partial charge on any atom is 0.280 e. The second kappa shape index (κ2) is 8.82. The van der Waals surface area contributed by atoms with Crippen molar-refractivity contribution < 1.29 is 0 Å². The van der Waals surface area contributed by atoms with Crippen LogP contribution in [0.2, 0.25) is 0 Å². The molecule has 4 rings (SSSR count). The van der Waals surface area contributed by atoms with Crippen molar-refractivity contribution in [1.82, 2.24) is 24.4 Å². The van der Waals surface area contributed by atoms with Gasteiger partial charge in [0.05, 0.1) is 18.2 Å². The van der Waals surface area contributed by atoms with E-state index in [2.05, 4.69) is 26.3 Å². The summed E-state index contributed by atoms with van der Waals surface area (Å²) in [5, 5.41) is 22.4. The van der Waals surface area contributed by atoms with E-state index >= 15 is 0 Å². The van der Waals surface area contributed by atoms with Gasteiger partial charge in [-0.25, -0.2) is 0 Å². The molecule has 0 unspecified atom stereocenters. The number of imidazole rings is 1. The standard InChI is InChI=1S/C22H22N8O/c1-2-3-10-29-19-20(27-22(29)28-11-8-25-9-12-28)26-18(14-24)30(21(19)31)15-17-7-5-4-6-16(17)13-23/h2-7,25H,8-12,15H2,1H3/b3-2+. The Kier molecular flexibility index (Phi) is 5.78. The molecule has 156 valence electrons. The van der Waals surface area contributed by atoms with E-state index in [4.69, 9.17) is 0 Å². The number of nitrogens with one attached hydrogen (secondary N) is 1. The molecule has 1 fully saturated rings. The highest BCUT2D eigenvalue weighted by Crippen LogP contribution is 2.21. The Morgan fingerprint density at radius 1 is 1.13 bits per heavy atom. The monoisotopic (exact) mass is 414 g/mol. The smallest absolute Gasteiger partial charge is 0.280 e. The molecule has 0 spiro atoms. The van der Waals surface area contributed by atoms with Crippen LogP contribution in [0.1, 0.15) is 23.9 Å². The lowest BCUT2D eigenvalue weighted by Crippen LogP contribution is -2.44. The second-order valence-electron chi connectivity index (χ2n) is 7.21. The van der Waals surface area contributed by atoms with Crippen molar-refractivity contribution >= 4 is 17.1 Å². The lowest BCUT2D eigenvalue weighted by atomic mass is 10.1. The van der Waals surface area contributed by atoms with Gasteiger partial charge < -0.3 is 14.8 Å². The van der Waals surface area contributed by atoms with E-state index < -0.39 is 0 Å². The first-order valence-electron chi connectivity index (χ1n) is 10.1. The quantitative estimate of drug-likeness (QED) is 0.627. The highest BCUT2D eigenvalue weighted by Gasteiger charge is 2.23. The zero-order valence-corrected chi connectivity index (χ0v) is 17.2. The van der Waals surface area contributed by atoms with Crippen molar-refractivity contribution in [2.24, 2.45) is 0 Å². The minimum Gasteiger partial charge on any atom is -0.340 e. The Hall–Kier alpha value is -3.95. The number of piperazine rings is 1. The van der Waals surface area contributed by atoms with E-state index in [1.165, 1.54) is 4.57 Å². The van der Waals surface area contributed by atoms with E-state index in [0.29, 0.717) is 29.1 Å². The highest BCUT2D eigenvalue weighted by molar-refractivity contribution is 5.74. The summed E-state index contributed by atoms with van der Waals surface area (Å²) in [7, 11) is 0. The summed E-state index contributed by atoms with van der Waals surface area (Å²) < 4.78 is 3.19. The molecular weight excluding hydrogens is 392 g/mol. The summed E-state index contributed by atoms with van der Waals surface area (Å²) in [6.45, 7) is 5.70. The molecule has 3 aromatic rings. The molecule has 0 radical (unpaired) electrons. The third-order valence-electron chi connectivity index (χ3n) is 5.33. The van der Waals surface area contributed by atoms with Gasteiger partial charge in [-0.1, -0.05) is 30.4 Å². The molecule has 1 aliphatic rings. The molecular formula is C22H22N8O. The van der Waals surface area contributed by atoms with E-state index in [9.17, 15) is 15.3 Å². The minimum absolute atomic E-state index is 0.0206. The topological polar surface area (TPSA) is 116 Å². The third-order valence-corrected chi connectivity index (χ3v) is 5.33. The van der Waals surface area contributed by atoms with Gasteiger partial charge in [-0.05, 0) is 18.6 Å². The van der Waals surface area contributed by atoms with Crippen LogP contribution in [0.4, 0.5) is 5.95 Å². The zero-order valence-electron chi connectivity index (χ0n) is 17.2. The Labute approximate surface area is 179 Å². The summed E-state index contributed by atoms with van der Waals surface area (Å²) in [6.07, 6.45) is 3.88. The van der Waals surface area contributed by atoms with Crippen molar-refractivity contribution in [3.05, 3.63) is 63.7 Å². The van der Waals surface area contributed by atoms with Gasteiger partial charge in [0, 0.05) is 32.7 Å². The van der Waals surface area contributed by atoms with Gasteiger partial charge in [-0.2, -0.15) is 20.5 Å². The Bertz CT molecular complexity index is 1280.